The second-order valence-electron chi connectivity index (χ2n) is 5.28. The molecule has 0 fully saturated rings. The fourth-order valence-electron chi connectivity index (χ4n) is 2.80. The largest absolute Gasteiger partial charge is 0.382 e. The third-order valence-corrected chi connectivity index (χ3v) is 4.18. The smallest absolute Gasteiger partial charge is 0.289 e. The van der Waals surface area contributed by atoms with Gasteiger partial charge in [0.1, 0.15) is 5.02 Å². The van der Waals surface area contributed by atoms with Gasteiger partial charge in [0.15, 0.2) is 0 Å². The molecule has 1 aliphatic rings. The Morgan fingerprint density at radius 3 is 2.71 bits per heavy atom. The average Bonchev–Trinajstić information content (AvgIpc) is 2.49. The summed E-state index contributed by atoms with van der Waals surface area (Å²) in [7, 11) is 0. The van der Waals surface area contributed by atoms with Crippen LogP contribution in [0.1, 0.15) is 17.5 Å². The van der Waals surface area contributed by atoms with E-state index in [2.05, 4.69) is 23.5 Å². The standard InChI is InChI=1S/C16H15ClN2O2/c17-15-8-7-14(10-16(15)19(20)21)18-13-6-5-11-3-1-2-4-12(11)9-13/h1-4,7-8,10,13,18H,5-6,9H2. The Kier molecular flexibility index (Phi) is 3.80. The molecular weight excluding hydrogens is 288 g/mol. The summed E-state index contributed by atoms with van der Waals surface area (Å²) in [6.07, 6.45) is 2.99. The van der Waals surface area contributed by atoms with Gasteiger partial charge in [-0.25, -0.2) is 0 Å². The topological polar surface area (TPSA) is 55.2 Å². The van der Waals surface area contributed by atoms with Crippen LogP contribution < -0.4 is 5.32 Å². The Hall–Kier alpha value is -2.07. The number of hydrogen-bond acceptors (Lipinski definition) is 3. The predicted molar refractivity (Wildman–Crippen MR) is 84.0 cm³/mol. The minimum Gasteiger partial charge on any atom is -0.382 e. The van der Waals surface area contributed by atoms with Crippen molar-refractivity contribution in [1.29, 1.82) is 0 Å². The van der Waals surface area contributed by atoms with Crippen molar-refractivity contribution in [3.8, 4) is 0 Å². The Morgan fingerprint density at radius 1 is 1.19 bits per heavy atom. The number of halogens is 1. The zero-order chi connectivity index (χ0) is 14.8. The number of aryl methyl sites for hydroxylation is 1. The predicted octanol–water partition coefficient (Wildman–Crippen LogP) is 4.22. The van der Waals surface area contributed by atoms with Crippen molar-refractivity contribution in [1.82, 2.24) is 0 Å². The van der Waals surface area contributed by atoms with E-state index in [4.69, 9.17) is 11.6 Å². The fourth-order valence-corrected chi connectivity index (χ4v) is 2.99. The van der Waals surface area contributed by atoms with Gasteiger partial charge in [0, 0.05) is 17.8 Å². The maximum atomic E-state index is 10.9. The van der Waals surface area contributed by atoms with Gasteiger partial charge in [-0.1, -0.05) is 35.9 Å². The van der Waals surface area contributed by atoms with Crippen molar-refractivity contribution in [2.75, 3.05) is 5.32 Å². The average molecular weight is 303 g/mol. The minimum atomic E-state index is -0.455. The van der Waals surface area contributed by atoms with E-state index in [0.717, 1.165) is 24.9 Å². The van der Waals surface area contributed by atoms with Gasteiger partial charge in [-0.3, -0.25) is 10.1 Å². The molecule has 2 aromatic rings. The summed E-state index contributed by atoms with van der Waals surface area (Å²) in [6.45, 7) is 0. The van der Waals surface area contributed by atoms with Crippen LogP contribution in [0.5, 0.6) is 0 Å². The van der Waals surface area contributed by atoms with Crippen LogP contribution in [0.4, 0.5) is 11.4 Å². The first-order chi connectivity index (χ1) is 10.1. The van der Waals surface area contributed by atoms with Gasteiger partial charge in [0.05, 0.1) is 4.92 Å². The molecule has 1 unspecified atom stereocenters. The molecule has 21 heavy (non-hydrogen) atoms. The van der Waals surface area contributed by atoms with Crippen LogP contribution in [0.25, 0.3) is 0 Å². The lowest BCUT2D eigenvalue weighted by Gasteiger charge is -2.26. The van der Waals surface area contributed by atoms with Gasteiger partial charge < -0.3 is 5.32 Å². The second kappa shape index (κ2) is 5.74. The van der Waals surface area contributed by atoms with Crippen LogP contribution in [0.15, 0.2) is 42.5 Å². The summed E-state index contributed by atoms with van der Waals surface area (Å²) in [5.74, 6) is 0. The number of nitrogens with one attached hydrogen (secondary N) is 1. The Bertz CT molecular complexity index is 688. The molecule has 0 saturated heterocycles. The molecule has 4 nitrogen and oxygen atoms in total. The van der Waals surface area contributed by atoms with E-state index in [9.17, 15) is 10.1 Å². The molecule has 1 N–H and O–H groups in total. The van der Waals surface area contributed by atoms with Gasteiger partial charge in [0.2, 0.25) is 0 Å². The molecule has 0 amide bonds. The van der Waals surface area contributed by atoms with Crippen molar-refractivity contribution in [3.63, 3.8) is 0 Å². The molecule has 1 atom stereocenters. The molecule has 0 bridgehead atoms. The Labute approximate surface area is 127 Å². The highest BCUT2D eigenvalue weighted by Gasteiger charge is 2.19. The van der Waals surface area contributed by atoms with Crippen molar-refractivity contribution in [2.24, 2.45) is 0 Å². The SMILES string of the molecule is O=[N+]([O-])c1cc(NC2CCc3ccccc3C2)ccc1Cl. The van der Waals surface area contributed by atoms with Crippen molar-refractivity contribution < 1.29 is 4.92 Å². The zero-order valence-corrected chi connectivity index (χ0v) is 12.1. The molecule has 0 heterocycles. The van der Waals surface area contributed by atoms with Crippen LogP contribution in [-0.4, -0.2) is 11.0 Å². The zero-order valence-electron chi connectivity index (χ0n) is 11.4. The van der Waals surface area contributed by atoms with Gasteiger partial charge >= 0.3 is 0 Å². The second-order valence-corrected chi connectivity index (χ2v) is 5.68. The van der Waals surface area contributed by atoms with E-state index in [1.165, 1.54) is 17.2 Å². The number of fused-ring (bicyclic) bond motifs is 1. The van der Waals surface area contributed by atoms with Crippen LogP contribution in [0.3, 0.4) is 0 Å². The maximum absolute atomic E-state index is 10.9. The molecule has 0 spiro atoms. The molecule has 108 valence electrons. The molecule has 1 aliphatic carbocycles. The number of anilines is 1. The summed E-state index contributed by atoms with van der Waals surface area (Å²) in [5, 5.41) is 14.5. The monoisotopic (exact) mass is 302 g/mol. The Balaban J connectivity index is 1.76. The molecule has 3 rings (SSSR count). The number of nitro groups is 1. The van der Waals surface area contributed by atoms with Crippen molar-refractivity contribution in [3.05, 3.63) is 68.7 Å². The van der Waals surface area contributed by atoms with Gasteiger partial charge in [0.25, 0.3) is 5.69 Å². The van der Waals surface area contributed by atoms with Crippen molar-refractivity contribution in [2.45, 2.75) is 25.3 Å². The van der Waals surface area contributed by atoms with E-state index >= 15 is 0 Å². The summed E-state index contributed by atoms with van der Waals surface area (Å²) in [6, 6.07) is 13.6. The third-order valence-electron chi connectivity index (χ3n) is 3.86. The van der Waals surface area contributed by atoms with E-state index in [0.29, 0.717) is 6.04 Å². The highest BCUT2D eigenvalue weighted by atomic mass is 35.5. The number of rotatable bonds is 3. The first-order valence-corrected chi connectivity index (χ1v) is 7.28. The van der Waals surface area contributed by atoms with Crippen LogP contribution >= 0.6 is 11.6 Å². The molecule has 5 heteroatoms. The highest BCUT2D eigenvalue weighted by molar-refractivity contribution is 6.32. The quantitative estimate of drug-likeness (QED) is 0.682. The number of hydrogen-bond donors (Lipinski definition) is 1. The molecule has 0 aliphatic heterocycles. The van der Waals surface area contributed by atoms with E-state index < -0.39 is 4.92 Å². The van der Waals surface area contributed by atoms with E-state index in [-0.39, 0.29) is 10.7 Å². The first kappa shape index (κ1) is 13.9. The Morgan fingerprint density at radius 2 is 1.95 bits per heavy atom. The van der Waals surface area contributed by atoms with Gasteiger partial charge in [-0.05, 0) is 42.5 Å². The molecule has 0 aromatic heterocycles. The lowest BCUT2D eigenvalue weighted by molar-refractivity contribution is -0.384. The van der Waals surface area contributed by atoms with E-state index in [1.54, 1.807) is 12.1 Å². The third kappa shape index (κ3) is 3.00. The first-order valence-electron chi connectivity index (χ1n) is 6.91. The van der Waals surface area contributed by atoms with Gasteiger partial charge in [-0.15, -0.1) is 0 Å². The minimum absolute atomic E-state index is 0.0575. The molecule has 0 radical (unpaired) electrons. The van der Waals surface area contributed by atoms with E-state index in [1.807, 2.05) is 6.07 Å². The summed E-state index contributed by atoms with van der Waals surface area (Å²) >= 11 is 5.83. The highest BCUT2D eigenvalue weighted by Crippen LogP contribution is 2.29. The van der Waals surface area contributed by atoms with Gasteiger partial charge in [-0.2, -0.15) is 0 Å². The summed E-state index contributed by atoms with van der Waals surface area (Å²) in [4.78, 5) is 10.5. The lowest BCUT2D eigenvalue weighted by Crippen LogP contribution is -2.27. The number of nitrogens with zero attached hydrogens (tertiary/aromatic N) is 1. The normalized spacial score (nSPS) is 17.1. The summed E-state index contributed by atoms with van der Waals surface area (Å²) in [5.41, 5.74) is 3.44. The summed E-state index contributed by atoms with van der Waals surface area (Å²) < 4.78 is 0. The van der Waals surface area contributed by atoms with Crippen LogP contribution in [0.2, 0.25) is 5.02 Å². The molecule has 2 aromatic carbocycles. The molecule has 0 saturated carbocycles. The lowest BCUT2D eigenvalue weighted by atomic mass is 9.88. The van der Waals surface area contributed by atoms with Crippen LogP contribution in [0, 0.1) is 10.1 Å². The molecular formula is C16H15ClN2O2. The number of nitro benzene ring substituents is 1. The maximum Gasteiger partial charge on any atom is 0.289 e. The number of benzene rings is 2. The van der Waals surface area contributed by atoms with Crippen LogP contribution in [-0.2, 0) is 12.8 Å². The fraction of sp³-hybridized carbons (Fsp3) is 0.250. The van der Waals surface area contributed by atoms with Crippen molar-refractivity contribution >= 4 is 23.0 Å².